The maximum atomic E-state index is 12.6. The van der Waals surface area contributed by atoms with E-state index in [1.54, 1.807) is 17.6 Å². The van der Waals surface area contributed by atoms with Gasteiger partial charge >= 0.3 is 0 Å². The lowest BCUT2D eigenvalue weighted by Crippen LogP contribution is -2.13. The zero-order valence-electron chi connectivity index (χ0n) is 16.1. The summed E-state index contributed by atoms with van der Waals surface area (Å²) in [4.78, 5) is 12.6. The van der Waals surface area contributed by atoms with Crippen LogP contribution in [0.2, 0.25) is 0 Å². The van der Waals surface area contributed by atoms with Crippen molar-refractivity contribution in [3.8, 4) is 11.5 Å². The van der Waals surface area contributed by atoms with E-state index in [-0.39, 0.29) is 5.91 Å². The third kappa shape index (κ3) is 5.53. The number of aromatic nitrogens is 2. The summed E-state index contributed by atoms with van der Waals surface area (Å²) in [5, 5.41) is 10.8. The molecule has 0 bridgehead atoms. The first kappa shape index (κ1) is 19.8. The van der Waals surface area contributed by atoms with Gasteiger partial charge in [-0.1, -0.05) is 49.4 Å². The molecule has 0 unspecified atom stereocenters. The van der Waals surface area contributed by atoms with E-state index >= 15 is 0 Å². The van der Waals surface area contributed by atoms with Crippen molar-refractivity contribution in [3.05, 3.63) is 64.7 Å². The maximum absolute atomic E-state index is 12.6. The van der Waals surface area contributed by atoms with Gasteiger partial charge in [-0.15, -0.1) is 10.2 Å². The number of hydrogen-bond acceptors (Lipinski definition) is 6. The minimum Gasteiger partial charge on any atom is -0.493 e. The van der Waals surface area contributed by atoms with E-state index in [1.165, 1.54) is 11.3 Å². The molecule has 0 saturated heterocycles. The highest BCUT2D eigenvalue weighted by molar-refractivity contribution is 7.13. The van der Waals surface area contributed by atoms with Crippen LogP contribution in [0.3, 0.4) is 0 Å². The number of carbonyl (C=O) groups is 1. The Morgan fingerprint density at radius 2 is 1.89 bits per heavy atom. The van der Waals surface area contributed by atoms with Crippen LogP contribution in [0.1, 0.15) is 35.3 Å². The molecule has 2 aromatic carbocycles. The summed E-state index contributed by atoms with van der Waals surface area (Å²) in [7, 11) is 0. The number of nitrogens with one attached hydrogen (secondary N) is 1. The first-order valence-electron chi connectivity index (χ1n) is 9.04. The third-order valence-electron chi connectivity index (χ3n) is 3.96. The first-order valence-corrected chi connectivity index (χ1v) is 9.92. The monoisotopic (exact) mass is 397 g/mol. The van der Waals surface area contributed by atoms with Gasteiger partial charge in [0.1, 0.15) is 23.6 Å². The molecule has 0 aliphatic heterocycles. The molecule has 0 saturated carbocycles. The standard InChI is InChI=1S/C21H23N3O3S/c1-14(2)11-26-18-8-17(20(25)23-21-24-22-13-28-21)9-19(10-18)27-12-16-7-5-4-6-15(16)3/h4-10,13-14H,11-12H2,1-3H3,(H,23,24,25). The highest BCUT2D eigenvalue weighted by Gasteiger charge is 2.13. The molecule has 7 heteroatoms. The van der Waals surface area contributed by atoms with Crippen LogP contribution in [0, 0.1) is 12.8 Å². The van der Waals surface area contributed by atoms with E-state index in [2.05, 4.69) is 29.4 Å². The van der Waals surface area contributed by atoms with E-state index in [0.717, 1.165) is 11.1 Å². The molecule has 0 aliphatic rings. The lowest BCUT2D eigenvalue weighted by atomic mass is 10.1. The molecule has 0 atom stereocenters. The van der Waals surface area contributed by atoms with Crippen molar-refractivity contribution in [2.45, 2.75) is 27.4 Å². The van der Waals surface area contributed by atoms with E-state index in [0.29, 0.717) is 41.3 Å². The largest absolute Gasteiger partial charge is 0.493 e. The zero-order valence-corrected chi connectivity index (χ0v) is 17.0. The van der Waals surface area contributed by atoms with Gasteiger partial charge in [-0.05, 0) is 36.1 Å². The van der Waals surface area contributed by atoms with Crippen molar-refractivity contribution in [1.82, 2.24) is 10.2 Å². The summed E-state index contributed by atoms with van der Waals surface area (Å²) in [6, 6.07) is 13.3. The van der Waals surface area contributed by atoms with Crippen molar-refractivity contribution in [3.63, 3.8) is 0 Å². The van der Waals surface area contributed by atoms with Crippen LogP contribution >= 0.6 is 11.3 Å². The normalized spacial score (nSPS) is 10.7. The SMILES string of the molecule is Cc1ccccc1COc1cc(OCC(C)C)cc(C(=O)Nc2nncs2)c1. The van der Waals surface area contributed by atoms with Gasteiger partial charge in [0, 0.05) is 11.6 Å². The number of benzene rings is 2. The zero-order chi connectivity index (χ0) is 19.9. The summed E-state index contributed by atoms with van der Waals surface area (Å²) in [5.74, 6) is 1.26. The van der Waals surface area contributed by atoms with Gasteiger partial charge < -0.3 is 9.47 Å². The molecule has 3 rings (SSSR count). The second-order valence-corrected chi connectivity index (χ2v) is 7.64. The van der Waals surface area contributed by atoms with Gasteiger partial charge in [0.2, 0.25) is 5.13 Å². The van der Waals surface area contributed by atoms with Crippen LogP contribution in [0.25, 0.3) is 0 Å². The van der Waals surface area contributed by atoms with E-state index in [4.69, 9.17) is 9.47 Å². The Hall–Kier alpha value is -2.93. The van der Waals surface area contributed by atoms with Crippen molar-refractivity contribution in [1.29, 1.82) is 0 Å². The fourth-order valence-electron chi connectivity index (χ4n) is 2.46. The Kier molecular flexibility index (Phi) is 6.60. The molecular weight excluding hydrogens is 374 g/mol. The van der Waals surface area contributed by atoms with Crippen LogP contribution in [0.4, 0.5) is 5.13 Å². The fourth-order valence-corrected chi connectivity index (χ4v) is 2.90. The highest BCUT2D eigenvalue weighted by Crippen LogP contribution is 2.25. The Balaban J connectivity index is 1.80. The molecule has 0 aliphatic carbocycles. The molecule has 28 heavy (non-hydrogen) atoms. The summed E-state index contributed by atoms with van der Waals surface area (Å²) in [5.41, 5.74) is 4.25. The number of nitrogens with zero attached hydrogens (tertiary/aromatic N) is 2. The minimum absolute atomic E-state index is 0.285. The van der Waals surface area contributed by atoms with E-state index in [9.17, 15) is 4.79 Å². The predicted molar refractivity (Wildman–Crippen MR) is 110 cm³/mol. The fraction of sp³-hybridized carbons (Fsp3) is 0.286. The Labute approximate surface area is 168 Å². The Bertz CT molecular complexity index is 926. The molecule has 0 radical (unpaired) electrons. The first-order chi connectivity index (χ1) is 13.5. The quantitative estimate of drug-likeness (QED) is 0.596. The highest BCUT2D eigenvalue weighted by atomic mass is 32.1. The maximum Gasteiger partial charge on any atom is 0.257 e. The number of rotatable bonds is 8. The molecular formula is C21H23N3O3S. The lowest BCUT2D eigenvalue weighted by Gasteiger charge is -2.14. The van der Waals surface area contributed by atoms with Crippen LogP contribution in [0.5, 0.6) is 11.5 Å². The van der Waals surface area contributed by atoms with Gasteiger partial charge in [-0.25, -0.2) is 0 Å². The average molecular weight is 398 g/mol. The van der Waals surface area contributed by atoms with Crippen LogP contribution in [-0.4, -0.2) is 22.7 Å². The molecule has 1 heterocycles. The number of hydrogen-bond donors (Lipinski definition) is 1. The number of anilines is 1. The molecule has 3 aromatic rings. The smallest absolute Gasteiger partial charge is 0.257 e. The molecule has 146 valence electrons. The van der Waals surface area contributed by atoms with Gasteiger partial charge in [0.25, 0.3) is 5.91 Å². The number of amides is 1. The van der Waals surface area contributed by atoms with Crippen LogP contribution in [-0.2, 0) is 6.61 Å². The van der Waals surface area contributed by atoms with Crippen molar-refractivity contribution in [2.24, 2.45) is 5.92 Å². The lowest BCUT2D eigenvalue weighted by molar-refractivity contribution is 0.102. The number of carbonyl (C=O) groups excluding carboxylic acids is 1. The van der Waals surface area contributed by atoms with Gasteiger partial charge in [-0.3, -0.25) is 10.1 Å². The van der Waals surface area contributed by atoms with Gasteiger partial charge in [0.15, 0.2) is 0 Å². The third-order valence-corrected chi connectivity index (χ3v) is 4.57. The van der Waals surface area contributed by atoms with Crippen molar-refractivity contribution < 1.29 is 14.3 Å². The molecule has 1 amide bonds. The van der Waals surface area contributed by atoms with E-state index in [1.807, 2.05) is 37.3 Å². The van der Waals surface area contributed by atoms with E-state index < -0.39 is 0 Å². The second kappa shape index (κ2) is 9.32. The van der Waals surface area contributed by atoms with Gasteiger partial charge in [-0.2, -0.15) is 0 Å². The summed E-state index contributed by atoms with van der Waals surface area (Å²) < 4.78 is 11.8. The average Bonchev–Trinajstić information content (AvgIpc) is 3.18. The molecule has 1 N–H and O–H groups in total. The van der Waals surface area contributed by atoms with Crippen molar-refractivity contribution >= 4 is 22.4 Å². The molecule has 1 aromatic heterocycles. The topological polar surface area (TPSA) is 73.3 Å². The van der Waals surface area contributed by atoms with Crippen LogP contribution < -0.4 is 14.8 Å². The predicted octanol–water partition coefficient (Wildman–Crippen LogP) is 4.71. The van der Waals surface area contributed by atoms with Crippen LogP contribution in [0.15, 0.2) is 48.0 Å². The number of aryl methyl sites for hydroxylation is 1. The van der Waals surface area contributed by atoms with Crippen molar-refractivity contribution in [2.75, 3.05) is 11.9 Å². The Morgan fingerprint density at radius 1 is 1.14 bits per heavy atom. The second-order valence-electron chi connectivity index (χ2n) is 6.81. The number of ether oxygens (including phenoxy) is 2. The molecule has 0 spiro atoms. The summed E-state index contributed by atoms with van der Waals surface area (Å²) >= 11 is 1.26. The van der Waals surface area contributed by atoms with Gasteiger partial charge in [0.05, 0.1) is 6.61 Å². The Morgan fingerprint density at radius 3 is 2.57 bits per heavy atom. The molecule has 0 fully saturated rings. The minimum atomic E-state index is -0.285. The summed E-state index contributed by atoms with van der Waals surface area (Å²) in [6.45, 7) is 7.15. The molecule has 6 nitrogen and oxygen atoms in total. The summed E-state index contributed by atoms with van der Waals surface area (Å²) in [6.07, 6.45) is 0.